The molecular formula is C17H19NO3. The lowest BCUT2D eigenvalue weighted by Crippen LogP contribution is -2.00. The van der Waals surface area contributed by atoms with Gasteiger partial charge in [0.15, 0.2) is 0 Å². The zero-order chi connectivity index (χ0) is 15.4. The summed E-state index contributed by atoms with van der Waals surface area (Å²) in [6, 6.07) is 12.6. The highest BCUT2D eigenvalue weighted by Crippen LogP contribution is 2.28. The van der Waals surface area contributed by atoms with Crippen LogP contribution < -0.4 is 4.74 Å². The molecule has 0 aromatic heterocycles. The Labute approximate surface area is 124 Å². The largest absolute Gasteiger partial charge is 0.489 e. The predicted molar refractivity (Wildman–Crippen MR) is 82.7 cm³/mol. The van der Waals surface area contributed by atoms with Crippen molar-refractivity contribution >= 4 is 5.69 Å². The van der Waals surface area contributed by atoms with Gasteiger partial charge < -0.3 is 4.74 Å². The zero-order valence-electron chi connectivity index (χ0n) is 12.5. The average Bonchev–Trinajstić information content (AvgIpc) is 2.45. The fourth-order valence-corrected chi connectivity index (χ4v) is 2.12. The third-order valence-electron chi connectivity index (χ3n) is 3.33. The highest BCUT2D eigenvalue weighted by Gasteiger charge is 2.09. The van der Waals surface area contributed by atoms with Crippen LogP contribution in [0.15, 0.2) is 42.5 Å². The molecule has 0 amide bonds. The molecule has 4 heteroatoms. The van der Waals surface area contributed by atoms with E-state index in [1.807, 2.05) is 13.0 Å². The van der Waals surface area contributed by atoms with Crippen LogP contribution in [0.2, 0.25) is 0 Å². The molecule has 0 aliphatic heterocycles. The Morgan fingerprint density at radius 2 is 1.81 bits per heavy atom. The Hall–Kier alpha value is -2.36. The summed E-state index contributed by atoms with van der Waals surface area (Å²) in [5.41, 5.74) is 3.33. The van der Waals surface area contributed by atoms with Gasteiger partial charge in [0.2, 0.25) is 0 Å². The number of nitrogens with zero attached hydrogens (tertiary/aromatic N) is 1. The average molecular weight is 285 g/mol. The van der Waals surface area contributed by atoms with Gasteiger partial charge in [-0.3, -0.25) is 10.1 Å². The maximum Gasteiger partial charge on any atom is 0.269 e. The highest BCUT2D eigenvalue weighted by molar-refractivity contribution is 5.39. The van der Waals surface area contributed by atoms with Gasteiger partial charge in [-0.25, -0.2) is 0 Å². The van der Waals surface area contributed by atoms with Crippen molar-refractivity contribution in [1.29, 1.82) is 0 Å². The number of hydrogen-bond acceptors (Lipinski definition) is 3. The lowest BCUT2D eigenvalue weighted by molar-refractivity contribution is -0.384. The minimum atomic E-state index is -0.401. The zero-order valence-corrected chi connectivity index (χ0v) is 12.5. The molecule has 21 heavy (non-hydrogen) atoms. The van der Waals surface area contributed by atoms with Crippen LogP contribution >= 0.6 is 0 Å². The summed E-state index contributed by atoms with van der Waals surface area (Å²) in [7, 11) is 0. The van der Waals surface area contributed by atoms with Crippen LogP contribution in [0.25, 0.3) is 0 Å². The fraction of sp³-hybridized carbons (Fsp3) is 0.294. The van der Waals surface area contributed by atoms with Crippen LogP contribution in [0.1, 0.15) is 36.5 Å². The summed E-state index contributed by atoms with van der Waals surface area (Å²) in [6.07, 6.45) is 0. The molecule has 2 aromatic carbocycles. The monoisotopic (exact) mass is 285 g/mol. The second-order valence-electron chi connectivity index (χ2n) is 5.41. The van der Waals surface area contributed by atoms with Crippen molar-refractivity contribution in [2.75, 3.05) is 0 Å². The number of ether oxygens (including phenoxy) is 1. The first-order valence-corrected chi connectivity index (χ1v) is 6.94. The summed E-state index contributed by atoms with van der Waals surface area (Å²) < 4.78 is 5.90. The first kappa shape index (κ1) is 15.0. The molecule has 0 heterocycles. The van der Waals surface area contributed by atoms with Crippen molar-refractivity contribution < 1.29 is 9.66 Å². The molecule has 2 aromatic rings. The van der Waals surface area contributed by atoms with Crippen molar-refractivity contribution in [1.82, 2.24) is 0 Å². The van der Waals surface area contributed by atoms with Gasteiger partial charge in [-0.15, -0.1) is 0 Å². The van der Waals surface area contributed by atoms with Gasteiger partial charge in [0.1, 0.15) is 12.4 Å². The SMILES string of the molecule is Cc1ccc(C(C)C)c(OCc2ccc([N+](=O)[O-])cc2)c1. The molecule has 0 atom stereocenters. The maximum atomic E-state index is 10.6. The molecule has 0 aliphatic carbocycles. The summed E-state index contributed by atoms with van der Waals surface area (Å²) in [5.74, 6) is 1.26. The number of non-ortho nitro benzene ring substituents is 1. The summed E-state index contributed by atoms with van der Waals surface area (Å²) in [6.45, 7) is 6.69. The number of benzene rings is 2. The van der Waals surface area contributed by atoms with Crippen molar-refractivity contribution in [3.63, 3.8) is 0 Å². The number of nitro groups is 1. The predicted octanol–water partition coefficient (Wildman–Crippen LogP) is 4.61. The number of nitro benzene ring substituents is 1. The first-order chi connectivity index (χ1) is 9.97. The van der Waals surface area contributed by atoms with E-state index < -0.39 is 4.92 Å². The summed E-state index contributed by atoms with van der Waals surface area (Å²) in [4.78, 5) is 10.2. The molecule has 0 aliphatic rings. The lowest BCUT2D eigenvalue weighted by Gasteiger charge is -2.15. The number of hydrogen-bond donors (Lipinski definition) is 0. The van der Waals surface area contributed by atoms with E-state index in [1.165, 1.54) is 17.7 Å². The van der Waals surface area contributed by atoms with E-state index in [1.54, 1.807) is 12.1 Å². The van der Waals surface area contributed by atoms with Gasteiger partial charge in [0.25, 0.3) is 5.69 Å². The highest BCUT2D eigenvalue weighted by atomic mass is 16.6. The Balaban J connectivity index is 2.12. The molecule has 0 saturated heterocycles. The number of aryl methyl sites for hydroxylation is 1. The van der Waals surface area contributed by atoms with Gasteiger partial charge >= 0.3 is 0 Å². The van der Waals surface area contributed by atoms with Crippen molar-refractivity contribution in [2.45, 2.75) is 33.3 Å². The van der Waals surface area contributed by atoms with E-state index >= 15 is 0 Å². The molecule has 110 valence electrons. The molecule has 0 unspecified atom stereocenters. The van der Waals surface area contributed by atoms with Crippen LogP contribution in [0, 0.1) is 17.0 Å². The molecule has 4 nitrogen and oxygen atoms in total. The van der Waals surface area contributed by atoms with Crippen LogP contribution in [-0.2, 0) is 6.61 Å². The van der Waals surface area contributed by atoms with Gasteiger partial charge in [-0.1, -0.05) is 26.0 Å². The minimum Gasteiger partial charge on any atom is -0.489 e. The van der Waals surface area contributed by atoms with Crippen molar-refractivity contribution in [3.8, 4) is 5.75 Å². The third-order valence-corrected chi connectivity index (χ3v) is 3.33. The standard InChI is InChI=1S/C17H19NO3/c1-12(2)16-9-4-13(3)10-17(16)21-11-14-5-7-15(8-6-14)18(19)20/h4-10,12H,11H2,1-3H3. The van der Waals surface area contributed by atoms with Gasteiger partial charge in [0, 0.05) is 12.1 Å². The summed E-state index contributed by atoms with van der Waals surface area (Å²) in [5, 5.41) is 10.6. The van der Waals surface area contributed by atoms with E-state index in [0.717, 1.165) is 16.9 Å². The van der Waals surface area contributed by atoms with Gasteiger partial charge in [-0.05, 0) is 47.7 Å². The number of rotatable bonds is 5. The Morgan fingerprint density at radius 3 is 2.38 bits per heavy atom. The maximum absolute atomic E-state index is 10.6. The normalized spacial score (nSPS) is 10.7. The quantitative estimate of drug-likeness (QED) is 0.595. The minimum absolute atomic E-state index is 0.0946. The Kier molecular flexibility index (Phi) is 4.58. The molecule has 2 rings (SSSR count). The molecular weight excluding hydrogens is 266 g/mol. The Bertz CT molecular complexity index is 633. The van der Waals surface area contributed by atoms with Crippen LogP contribution in [-0.4, -0.2) is 4.92 Å². The van der Waals surface area contributed by atoms with E-state index in [9.17, 15) is 10.1 Å². The first-order valence-electron chi connectivity index (χ1n) is 6.94. The fourth-order valence-electron chi connectivity index (χ4n) is 2.12. The Morgan fingerprint density at radius 1 is 1.14 bits per heavy atom. The van der Waals surface area contributed by atoms with E-state index in [2.05, 4.69) is 26.0 Å². The second-order valence-corrected chi connectivity index (χ2v) is 5.41. The second kappa shape index (κ2) is 6.39. The molecule has 0 N–H and O–H groups in total. The molecule has 0 bridgehead atoms. The van der Waals surface area contributed by atoms with E-state index in [4.69, 9.17) is 4.74 Å². The van der Waals surface area contributed by atoms with Crippen molar-refractivity contribution in [3.05, 3.63) is 69.3 Å². The summed E-state index contributed by atoms with van der Waals surface area (Å²) >= 11 is 0. The smallest absolute Gasteiger partial charge is 0.269 e. The van der Waals surface area contributed by atoms with Crippen molar-refractivity contribution in [2.24, 2.45) is 0 Å². The third kappa shape index (κ3) is 3.81. The van der Waals surface area contributed by atoms with Crippen LogP contribution in [0.5, 0.6) is 5.75 Å². The van der Waals surface area contributed by atoms with Crippen LogP contribution in [0.4, 0.5) is 5.69 Å². The molecule has 0 fully saturated rings. The molecule has 0 spiro atoms. The van der Waals surface area contributed by atoms with E-state index in [-0.39, 0.29) is 5.69 Å². The van der Waals surface area contributed by atoms with Gasteiger partial charge in [0.05, 0.1) is 4.92 Å². The van der Waals surface area contributed by atoms with Gasteiger partial charge in [-0.2, -0.15) is 0 Å². The lowest BCUT2D eigenvalue weighted by atomic mass is 10.0. The molecule has 0 saturated carbocycles. The van der Waals surface area contributed by atoms with Crippen LogP contribution in [0.3, 0.4) is 0 Å². The van der Waals surface area contributed by atoms with E-state index in [0.29, 0.717) is 12.5 Å². The molecule has 0 radical (unpaired) electrons. The topological polar surface area (TPSA) is 52.4 Å².